The molecule has 0 aromatic heterocycles. The number of hydrogen-bond donors (Lipinski definition) is 2. The van der Waals surface area contributed by atoms with Crippen LogP contribution in [0.5, 0.6) is 5.75 Å². The molecule has 0 spiro atoms. The fourth-order valence-electron chi connectivity index (χ4n) is 2.18. The maximum absolute atomic E-state index is 12.2. The first kappa shape index (κ1) is 18.5. The summed E-state index contributed by atoms with van der Waals surface area (Å²) in [5.41, 5.74) is 1.32. The third-order valence-corrected chi connectivity index (χ3v) is 3.51. The summed E-state index contributed by atoms with van der Waals surface area (Å²) < 4.78 is 11.0. The number of carbonyl (C=O) groups is 2. The van der Waals surface area contributed by atoms with E-state index in [2.05, 4.69) is 5.32 Å². The molecule has 6 nitrogen and oxygen atoms in total. The Kier molecular flexibility index (Phi) is 6.54. The van der Waals surface area contributed by atoms with Crippen molar-refractivity contribution in [2.75, 3.05) is 11.9 Å². The molecule has 2 N–H and O–H groups in total. The van der Waals surface area contributed by atoms with Crippen LogP contribution in [0.4, 0.5) is 5.69 Å². The minimum Gasteiger partial charge on any atom is -0.487 e. The number of aromatic carboxylic acids is 1. The highest BCUT2D eigenvalue weighted by molar-refractivity contribution is 5.97. The van der Waals surface area contributed by atoms with Crippen molar-refractivity contribution in [3.8, 4) is 5.75 Å². The normalized spacial score (nSPS) is 11.6. The molecule has 0 radical (unpaired) electrons. The first-order chi connectivity index (χ1) is 12.0. The minimum absolute atomic E-state index is 0.0615. The van der Waals surface area contributed by atoms with Crippen molar-refractivity contribution in [3.05, 3.63) is 59.7 Å². The van der Waals surface area contributed by atoms with Crippen LogP contribution in [0.3, 0.4) is 0 Å². The van der Waals surface area contributed by atoms with Crippen LogP contribution in [-0.2, 0) is 16.1 Å². The SMILES string of the molecule is CCOC(C)C(=O)Nc1cc(C(=O)O)ccc1OCc1ccccc1. The number of carboxylic acids is 1. The molecule has 132 valence electrons. The van der Waals surface area contributed by atoms with Crippen LogP contribution in [-0.4, -0.2) is 29.7 Å². The summed E-state index contributed by atoms with van der Waals surface area (Å²) >= 11 is 0. The zero-order valence-corrected chi connectivity index (χ0v) is 14.2. The quantitative estimate of drug-likeness (QED) is 0.768. The minimum atomic E-state index is -1.08. The predicted octanol–water partition coefficient (Wildman–Crippen LogP) is 3.33. The van der Waals surface area contributed by atoms with Crippen LogP contribution in [0.15, 0.2) is 48.5 Å². The van der Waals surface area contributed by atoms with Gasteiger partial charge in [0, 0.05) is 6.61 Å². The van der Waals surface area contributed by atoms with E-state index < -0.39 is 12.1 Å². The Morgan fingerprint density at radius 3 is 2.52 bits per heavy atom. The molecule has 0 saturated heterocycles. The molecule has 6 heteroatoms. The van der Waals surface area contributed by atoms with Crippen LogP contribution >= 0.6 is 0 Å². The fraction of sp³-hybridized carbons (Fsp3) is 0.263. The number of amides is 1. The number of carboxylic acid groups (broad SMARTS) is 1. The van der Waals surface area contributed by atoms with E-state index in [4.69, 9.17) is 14.6 Å². The van der Waals surface area contributed by atoms with Crippen molar-refractivity contribution in [1.82, 2.24) is 0 Å². The van der Waals surface area contributed by atoms with Gasteiger partial charge < -0.3 is 19.9 Å². The van der Waals surface area contributed by atoms with Crippen LogP contribution in [0.2, 0.25) is 0 Å². The Morgan fingerprint density at radius 2 is 1.88 bits per heavy atom. The molecule has 1 atom stereocenters. The monoisotopic (exact) mass is 343 g/mol. The summed E-state index contributed by atoms with van der Waals surface area (Å²) in [6, 6.07) is 13.9. The molecule has 1 amide bonds. The number of carbonyl (C=O) groups excluding carboxylic acids is 1. The van der Waals surface area contributed by atoms with E-state index >= 15 is 0 Å². The van der Waals surface area contributed by atoms with Gasteiger partial charge in [0.25, 0.3) is 5.91 Å². The highest BCUT2D eigenvalue weighted by atomic mass is 16.5. The smallest absolute Gasteiger partial charge is 0.335 e. The molecular formula is C19H21NO5. The molecule has 0 aliphatic carbocycles. The topological polar surface area (TPSA) is 84.9 Å². The van der Waals surface area contributed by atoms with Gasteiger partial charge in [-0.3, -0.25) is 4.79 Å². The molecule has 2 rings (SSSR count). The lowest BCUT2D eigenvalue weighted by Gasteiger charge is -2.16. The Hall–Kier alpha value is -2.86. The molecule has 0 fully saturated rings. The van der Waals surface area contributed by atoms with E-state index in [1.807, 2.05) is 30.3 Å². The zero-order valence-electron chi connectivity index (χ0n) is 14.2. The van der Waals surface area contributed by atoms with Crippen molar-refractivity contribution >= 4 is 17.6 Å². The molecule has 0 bridgehead atoms. The molecule has 1 unspecified atom stereocenters. The number of hydrogen-bond acceptors (Lipinski definition) is 4. The van der Waals surface area contributed by atoms with Crippen LogP contribution < -0.4 is 10.1 Å². The number of rotatable bonds is 8. The lowest BCUT2D eigenvalue weighted by molar-refractivity contribution is -0.126. The van der Waals surface area contributed by atoms with Crippen molar-refractivity contribution in [2.45, 2.75) is 26.6 Å². The number of benzene rings is 2. The first-order valence-corrected chi connectivity index (χ1v) is 7.97. The lowest BCUT2D eigenvalue weighted by Crippen LogP contribution is -2.28. The molecule has 0 aliphatic heterocycles. The van der Waals surface area contributed by atoms with E-state index in [0.29, 0.717) is 24.7 Å². The fourth-order valence-corrected chi connectivity index (χ4v) is 2.18. The van der Waals surface area contributed by atoms with Gasteiger partial charge >= 0.3 is 5.97 Å². The molecule has 25 heavy (non-hydrogen) atoms. The highest BCUT2D eigenvalue weighted by Crippen LogP contribution is 2.27. The van der Waals surface area contributed by atoms with Gasteiger partial charge in [-0.25, -0.2) is 4.79 Å². The molecule has 0 heterocycles. The van der Waals surface area contributed by atoms with E-state index in [1.165, 1.54) is 18.2 Å². The summed E-state index contributed by atoms with van der Waals surface area (Å²) in [6.07, 6.45) is -0.652. The van der Waals surface area contributed by atoms with Crippen molar-refractivity contribution in [2.24, 2.45) is 0 Å². The van der Waals surface area contributed by atoms with Gasteiger partial charge in [0.2, 0.25) is 0 Å². The second kappa shape index (κ2) is 8.84. The molecule has 0 saturated carbocycles. The highest BCUT2D eigenvalue weighted by Gasteiger charge is 2.17. The largest absolute Gasteiger partial charge is 0.487 e. The van der Waals surface area contributed by atoms with Gasteiger partial charge in [0.15, 0.2) is 0 Å². The Morgan fingerprint density at radius 1 is 1.16 bits per heavy atom. The first-order valence-electron chi connectivity index (χ1n) is 7.97. The van der Waals surface area contributed by atoms with Crippen molar-refractivity contribution in [3.63, 3.8) is 0 Å². The predicted molar refractivity (Wildman–Crippen MR) is 93.9 cm³/mol. The molecular weight excluding hydrogens is 322 g/mol. The summed E-state index contributed by atoms with van der Waals surface area (Å²) in [5, 5.41) is 11.8. The van der Waals surface area contributed by atoms with Gasteiger partial charge in [0.05, 0.1) is 11.3 Å². The van der Waals surface area contributed by atoms with Crippen molar-refractivity contribution < 1.29 is 24.2 Å². The summed E-state index contributed by atoms with van der Waals surface area (Å²) in [6.45, 7) is 4.13. The number of anilines is 1. The molecule has 0 aliphatic rings. The van der Waals surface area contributed by atoms with Gasteiger partial charge in [-0.2, -0.15) is 0 Å². The van der Waals surface area contributed by atoms with Crippen LogP contribution in [0.25, 0.3) is 0 Å². The Balaban J connectivity index is 2.19. The van der Waals surface area contributed by atoms with E-state index in [1.54, 1.807) is 13.8 Å². The number of ether oxygens (including phenoxy) is 2. The third kappa shape index (κ3) is 5.32. The average Bonchev–Trinajstić information content (AvgIpc) is 2.61. The maximum atomic E-state index is 12.2. The van der Waals surface area contributed by atoms with Gasteiger partial charge in [-0.15, -0.1) is 0 Å². The second-order valence-electron chi connectivity index (χ2n) is 5.38. The summed E-state index contributed by atoms with van der Waals surface area (Å²) in [4.78, 5) is 23.4. The van der Waals surface area contributed by atoms with Crippen LogP contribution in [0, 0.1) is 0 Å². The average molecular weight is 343 g/mol. The summed E-state index contributed by atoms with van der Waals surface area (Å²) in [5.74, 6) is -1.05. The van der Waals surface area contributed by atoms with Crippen molar-refractivity contribution in [1.29, 1.82) is 0 Å². The van der Waals surface area contributed by atoms with E-state index in [9.17, 15) is 9.59 Å². The zero-order chi connectivity index (χ0) is 18.2. The van der Waals surface area contributed by atoms with Gasteiger partial charge in [0.1, 0.15) is 18.5 Å². The standard InChI is InChI=1S/C19H21NO5/c1-3-24-13(2)18(21)20-16-11-15(19(22)23)9-10-17(16)25-12-14-7-5-4-6-8-14/h4-11,13H,3,12H2,1-2H3,(H,20,21)(H,22,23). The van der Waals surface area contributed by atoms with E-state index in [-0.39, 0.29) is 11.5 Å². The van der Waals surface area contributed by atoms with E-state index in [0.717, 1.165) is 5.56 Å². The van der Waals surface area contributed by atoms with Crippen LogP contribution in [0.1, 0.15) is 29.8 Å². The molecule has 2 aromatic rings. The third-order valence-electron chi connectivity index (χ3n) is 3.51. The molecule has 2 aromatic carbocycles. The maximum Gasteiger partial charge on any atom is 0.335 e. The lowest BCUT2D eigenvalue weighted by atomic mass is 10.1. The Labute approximate surface area is 146 Å². The second-order valence-corrected chi connectivity index (χ2v) is 5.38. The van der Waals surface area contributed by atoms with Gasteiger partial charge in [-0.05, 0) is 37.6 Å². The Bertz CT molecular complexity index is 730. The summed E-state index contributed by atoms with van der Waals surface area (Å²) in [7, 11) is 0. The number of nitrogens with one attached hydrogen (secondary N) is 1. The van der Waals surface area contributed by atoms with Gasteiger partial charge in [-0.1, -0.05) is 30.3 Å².